The summed E-state index contributed by atoms with van der Waals surface area (Å²) in [6.07, 6.45) is -3.47. The van der Waals surface area contributed by atoms with E-state index in [1.165, 1.54) is 12.3 Å². The molecule has 1 aromatic rings. The van der Waals surface area contributed by atoms with E-state index in [0.717, 1.165) is 0 Å². The van der Waals surface area contributed by atoms with Crippen LogP contribution in [-0.4, -0.2) is 17.1 Å². The Kier molecular flexibility index (Phi) is 5.46. The molecule has 1 heterocycles. The Morgan fingerprint density at radius 1 is 1.40 bits per heavy atom. The standard InChI is InChI=1S/C8H7F3N2O.Ir/c9-8(10,11)7(14)13-5-6-3-1-2-4-12-6;/h1-4H,5H2,(H,13,14);/p-1. The van der Waals surface area contributed by atoms with Crippen molar-refractivity contribution >= 4 is 5.91 Å². The normalized spacial score (nSPS) is 10.3. The summed E-state index contributed by atoms with van der Waals surface area (Å²) in [6, 6.07) is 4.72. The van der Waals surface area contributed by atoms with Crippen LogP contribution in [0.4, 0.5) is 13.2 Å². The molecule has 0 aliphatic rings. The number of carbonyl (C=O) groups excluding carboxylic acids is 1. The zero-order chi connectivity index (χ0) is 10.6. The van der Waals surface area contributed by atoms with Gasteiger partial charge < -0.3 is 10.1 Å². The predicted octanol–water partition coefficient (Wildman–Crippen LogP) is 2.04. The fourth-order valence-electron chi connectivity index (χ4n) is 0.734. The van der Waals surface area contributed by atoms with Crippen LogP contribution in [0, 0.1) is 0 Å². The predicted molar refractivity (Wildman–Crippen MR) is 42.4 cm³/mol. The molecule has 85 valence electrons. The number of alkyl halides is 3. The van der Waals surface area contributed by atoms with E-state index in [1.54, 1.807) is 12.1 Å². The van der Waals surface area contributed by atoms with Gasteiger partial charge in [-0.25, -0.2) is 0 Å². The molecule has 0 atom stereocenters. The number of carbonyl (C=O) groups is 1. The topological polar surface area (TPSA) is 44.1 Å². The van der Waals surface area contributed by atoms with Gasteiger partial charge in [-0.2, -0.15) is 13.2 Å². The van der Waals surface area contributed by atoms with E-state index >= 15 is 0 Å². The number of pyridine rings is 1. The summed E-state index contributed by atoms with van der Waals surface area (Å²) >= 11 is 0. The molecule has 1 radical (unpaired) electrons. The molecule has 0 aromatic carbocycles. The van der Waals surface area contributed by atoms with Crippen molar-refractivity contribution in [2.45, 2.75) is 12.7 Å². The summed E-state index contributed by atoms with van der Waals surface area (Å²) in [4.78, 5) is 14.0. The van der Waals surface area contributed by atoms with Crippen LogP contribution in [0.2, 0.25) is 0 Å². The zero-order valence-corrected chi connectivity index (χ0v) is 9.68. The van der Waals surface area contributed by atoms with Gasteiger partial charge in [0, 0.05) is 32.0 Å². The molecule has 1 rings (SSSR count). The molecule has 0 aliphatic carbocycles. The molecule has 0 spiro atoms. The smallest absolute Gasteiger partial charge is 0.432 e. The van der Waals surface area contributed by atoms with Gasteiger partial charge >= 0.3 is 6.18 Å². The third kappa shape index (κ3) is 4.90. The van der Waals surface area contributed by atoms with Crippen molar-refractivity contribution in [2.24, 2.45) is 0 Å². The maximum Gasteiger partial charge on any atom is 0.432 e. The van der Waals surface area contributed by atoms with E-state index in [0.29, 0.717) is 5.69 Å². The summed E-state index contributed by atoms with van der Waals surface area (Å²) in [5.74, 6) is -2.08. The van der Waals surface area contributed by atoms with Gasteiger partial charge in [0.1, 0.15) is 0 Å². The molecule has 7 heteroatoms. The van der Waals surface area contributed by atoms with E-state index in [2.05, 4.69) is 10.3 Å². The second-order valence-corrected chi connectivity index (χ2v) is 2.44. The van der Waals surface area contributed by atoms with Crippen molar-refractivity contribution < 1.29 is 38.1 Å². The van der Waals surface area contributed by atoms with Crippen molar-refractivity contribution in [3.8, 4) is 0 Å². The molecule has 1 amide bonds. The maximum atomic E-state index is 11.7. The Morgan fingerprint density at radius 2 is 2.07 bits per heavy atom. The van der Waals surface area contributed by atoms with Gasteiger partial charge in [0.25, 0.3) is 0 Å². The Labute approximate surface area is 97.4 Å². The number of hydrogen-bond donors (Lipinski definition) is 0. The zero-order valence-electron chi connectivity index (χ0n) is 7.29. The summed E-state index contributed by atoms with van der Waals surface area (Å²) in [5.41, 5.74) is 0.324. The van der Waals surface area contributed by atoms with Crippen LogP contribution in [0.5, 0.6) is 0 Å². The Bertz CT molecular complexity index is 315. The molecule has 0 fully saturated rings. The van der Waals surface area contributed by atoms with Crippen LogP contribution in [0.1, 0.15) is 5.69 Å². The molecule has 0 bridgehead atoms. The largest absolute Gasteiger partial charge is 0.641 e. The number of halogens is 3. The number of hydrogen-bond acceptors (Lipinski definition) is 2. The molecule has 1 aromatic heterocycles. The van der Waals surface area contributed by atoms with Gasteiger partial charge in [0.05, 0.1) is 0 Å². The first-order valence-corrected chi connectivity index (χ1v) is 3.68. The van der Waals surface area contributed by atoms with E-state index in [-0.39, 0.29) is 26.7 Å². The monoisotopic (exact) mass is 396 g/mol. The van der Waals surface area contributed by atoms with Gasteiger partial charge in [-0.05, 0) is 12.1 Å². The summed E-state index contributed by atoms with van der Waals surface area (Å²) < 4.78 is 35.1. The number of nitrogens with zero attached hydrogens (tertiary/aromatic N) is 2. The van der Waals surface area contributed by atoms with Crippen LogP contribution >= 0.6 is 0 Å². The van der Waals surface area contributed by atoms with Crippen LogP contribution < -0.4 is 0 Å². The minimum atomic E-state index is -4.89. The second kappa shape index (κ2) is 5.82. The minimum Gasteiger partial charge on any atom is -0.641 e. The summed E-state index contributed by atoms with van der Waals surface area (Å²) in [5, 5.41) is 2.84. The Morgan fingerprint density at radius 3 is 2.53 bits per heavy atom. The van der Waals surface area contributed by atoms with Crippen molar-refractivity contribution in [3.05, 3.63) is 35.4 Å². The molecule has 0 unspecified atom stereocenters. The van der Waals surface area contributed by atoms with Crippen molar-refractivity contribution in [1.82, 2.24) is 4.98 Å². The van der Waals surface area contributed by atoms with Crippen LogP contribution in [0.25, 0.3) is 5.32 Å². The number of amides is 1. The van der Waals surface area contributed by atoms with Gasteiger partial charge in [0.2, 0.25) is 0 Å². The van der Waals surface area contributed by atoms with Crippen LogP contribution in [0.3, 0.4) is 0 Å². The third-order valence-corrected chi connectivity index (χ3v) is 1.35. The first-order chi connectivity index (χ1) is 6.50. The van der Waals surface area contributed by atoms with E-state index in [4.69, 9.17) is 0 Å². The second-order valence-electron chi connectivity index (χ2n) is 2.44. The third-order valence-electron chi connectivity index (χ3n) is 1.35. The molecule has 3 nitrogen and oxygen atoms in total. The van der Waals surface area contributed by atoms with Crippen LogP contribution in [-0.2, 0) is 31.4 Å². The van der Waals surface area contributed by atoms with Crippen molar-refractivity contribution in [2.75, 3.05) is 0 Å². The molecule has 0 saturated heterocycles. The van der Waals surface area contributed by atoms with E-state index in [1.807, 2.05) is 0 Å². The first-order valence-electron chi connectivity index (χ1n) is 3.68. The molecule has 0 saturated carbocycles. The van der Waals surface area contributed by atoms with E-state index < -0.39 is 12.1 Å². The SMILES string of the molecule is O=C([N-]Cc1ccccn1)C(F)(F)F.[Ir]. The molecular formula is C8H6F3IrN2O-. The van der Waals surface area contributed by atoms with E-state index in [9.17, 15) is 18.0 Å². The summed E-state index contributed by atoms with van der Waals surface area (Å²) in [6.45, 7) is -0.348. The molecule has 0 N–H and O–H groups in total. The quantitative estimate of drug-likeness (QED) is 0.770. The van der Waals surface area contributed by atoms with Gasteiger partial charge in [-0.15, -0.1) is 0 Å². The maximum absolute atomic E-state index is 11.7. The van der Waals surface area contributed by atoms with Gasteiger partial charge in [-0.3, -0.25) is 4.98 Å². The van der Waals surface area contributed by atoms with Crippen LogP contribution in [0.15, 0.2) is 24.4 Å². The first kappa shape index (κ1) is 14.1. The Balaban J connectivity index is 0.00000196. The Hall–Kier alpha value is -0.941. The fraction of sp³-hybridized carbons (Fsp3) is 0.250. The van der Waals surface area contributed by atoms with Crippen molar-refractivity contribution in [3.63, 3.8) is 0 Å². The molecular weight excluding hydrogens is 389 g/mol. The van der Waals surface area contributed by atoms with Crippen molar-refractivity contribution in [1.29, 1.82) is 0 Å². The molecule has 15 heavy (non-hydrogen) atoms. The number of aromatic nitrogens is 1. The average Bonchev–Trinajstić information content (AvgIpc) is 2.14. The molecule has 0 aliphatic heterocycles. The minimum absolute atomic E-state index is 0. The fourth-order valence-corrected chi connectivity index (χ4v) is 0.734. The van der Waals surface area contributed by atoms with Gasteiger partial charge in [-0.1, -0.05) is 12.6 Å². The van der Waals surface area contributed by atoms with Gasteiger partial charge in [0.15, 0.2) is 5.91 Å². The summed E-state index contributed by atoms with van der Waals surface area (Å²) in [7, 11) is 0. The average molecular weight is 395 g/mol. The number of rotatable bonds is 2.